The van der Waals surface area contributed by atoms with Crippen LogP contribution in [0.2, 0.25) is 0 Å². The fraction of sp³-hybridized carbons (Fsp3) is 0.667. The minimum atomic E-state index is 0.202. The summed E-state index contributed by atoms with van der Waals surface area (Å²) >= 11 is 0. The van der Waals surface area contributed by atoms with Gasteiger partial charge in [0.05, 0.1) is 19.3 Å². The fourth-order valence-corrected chi connectivity index (χ4v) is 3.38. The largest absolute Gasteiger partial charge is 0.494 e. The fourth-order valence-electron chi connectivity index (χ4n) is 3.38. The molecule has 0 bridgehead atoms. The molecule has 1 aromatic carbocycles. The topological polar surface area (TPSA) is 49.3 Å². The third-order valence-electron chi connectivity index (χ3n) is 4.56. The van der Waals surface area contributed by atoms with Gasteiger partial charge in [-0.15, -0.1) is 0 Å². The first kappa shape index (κ1) is 21.5. The van der Waals surface area contributed by atoms with Crippen LogP contribution in [0.3, 0.4) is 0 Å². The maximum Gasteiger partial charge on any atom is 0.193 e. The first-order valence-electron chi connectivity index (χ1n) is 9.99. The zero-order chi connectivity index (χ0) is 19.6. The van der Waals surface area contributed by atoms with Gasteiger partial charge in [-0.05, 0) is 30.5 Å². The van der Waals surface area contributed by atoms with Gasteiger partial charge in [0.1, 0.15) is 5.75 Å². The maximum atomic E-state index is 5.93. The van der Waals surface area contributed by atoms with Gasteiger partial charge >= 0.3 is 0 Å². The SMILES string of the molecule is CCOc1ccc(CN(C)C(=NC)NCC2CN(CC(C)C)CCO2)cc1. The lowest BCUT2D eigenvalue weighted by Gasteiger charge is -2.34. The van der Waals surface area contributed by atoms with Gasteiger partial charge in [0.25, 0.3) is 0 Å². The molecule has 1 saturated heterocycles. The first-order chi connectivity index (χ1) is 13.0. The monoisotopic (exact) mass is 376 g/mol. The number of morpholine rings is 1. The molecular weight excluding hydrogens is 340 g/mol. The number of aliphatic imine (C=N–C) groups is 1. The van der Waals surface area contributed by atoms with Crippen molar-refractivity contribution in [1.29, 1.82) is 0 Å². The van der Waals surface area contributed by atoms with Crippen molar-refractivity contribution >= 4 is 5.96 Å². The lowest BCUT2D eigenvalue weighted by atomic mass is 10.2. The van der Waals surface area contributed by atoms with Crippen LogP contribution in [0.4, 0.5) is 0 Å². The van der Waals surface area contributed by atoms with Gasteiger partial charge < -0.3 is 19.7 Å². The Morgan fingerprint density at radius 2 is 2.11 bits per heavy atom. The van der Waals surface area contributed by atoms with Crippen LogP contribution in [0.5, 0.6) is 5.75 Å². The Morgan fingerprint density at radius 1 is 1.37 bits per heavy atom. The minimum Gasteiger partial charge on any atom is -0.494 e. The Morgan fingerprint density at radius 3 is 2.74 bits per heavy atom. The molecule has 1 fully saturated rings. The number of hydrogen-bond donors (Lipinski definition) is 1. The summed E-state index contributed by atoms with van der Waals surface area (Å²) < 4.78 is 11.4. The molecule has 1 unspecified atom stereocenters. The minimum absolute atomic E-state index is 0.202. The molecule has 1 heterocycles. The van der Waals surface area contributed by atoms with Crippen LogP contribution >= 0.6 is 0 Å². The van der Waals surface area contributed by atoms with Crippen molar-refractivity contribution in [2.45, 2.75) is 33.4 Å². The zero-order valence-electron chi connectivity index (χ0n) is 17.6. The van der Waals surface area contributed by atoms with Crippen molar-refractivity contribution in [3.05, 3.63) is 29.8 Å². The first-order valence-corrected chi connectivity index (χ1v) is 9.99. The molecule has 1 aromatic rings. The van der Waals surface area contributed by atoms with E-state index in [0.29, 0.717) is 12.5 Å². The van der Waals surface area contributed by atoms with Gasteiger partial charge in [-0.1, -0.05) is 26.0 Å². The second-order valence-electron chi connectivity index (χ2n) is 7.51. The number of nitrogens with zero attached hydrogens (tertiary/aromatic N) is 3. The highest BCUT2D eigenvalue weighted by Crippen LogP contribution is 2.13. The highest BCUT2D eigenvalue weighted by atomic mass is 16.5. The Bertz CT molecular complexity index is 574. The molecular formula is C21H36N4O2. The predicted octanol–water partition coefficient (Wildman–Crippen LogP) is 2.45. The smallest absolute Gasteiger partial charge is 0.193 e. The van der Waals surface area contributed by atoms with Crippen molar-refractivity contribution in [3.63, 3.8) is 0 Å². The zero-order valence-corrected chi connectivity index (χ0v) is 17.6. The van der Waals surface area contributed by atoms with Crippen LogP contribution in [-0.2, 0) is 11.3 Å². The van der Waals surface area contributed by atoms with Crippen LogP contribution in [0, 0.1) is 5.92 Å². The molecule has 0 amide bonds. The van der Waals surface area contributed by atoms with Crippen molar-refractivity contribution in [2.75, 3.05) is 53.5 Å². The summed E-state index contributed by atoms with van der Waals surface area (Å²) in [7, 11) is 3.88. The van der Waals surface area contributed by atoms with Gasteiger partial charge in [0.15, 0.2) is 5.96 Å². The number of benzene rings is 1. The molecule has 6 nitrogen and oxygen atoms in total. The number of rotatable bonds is 8. The predicted molar refractivity (Wildman–Crippen MR) is 111 cm³/mol. The maximum absolute atomic E-state index is 5.93. The van der Waals surface area contributed by atoms with Gasteiger partial charge in [-0.25, -0.2) is 0 Å². The Balaban J connectivity index is 1.81. The highest BCUT2D eigenvalue weighted by Gasteiger charge is 2.21. The van der Waals surface area contributed by atoms with Gasteiger partial charge in [0.2, 0.25) is 0 Å². The number of nitrogens with one attached hydrogen (secondary N) is 1. The summed E-state index contributed by atoms with van der Waals surface area (Å²) in [6, 6.07) is 8.23. The molecule has 0 saturated carbocycles. The second-order valence-corrected chi connectivity index (χ2v) is 7.51. The van der Waals surface area contributed by atoms with Crippen LogP contribution in [-0.4, -0.2) is 75.4 Å². The third-order valence-corrected chi connectivity index (χ3v) is 4.56. The number of ether oxygens (including phenoxy) is 2. The van der Waals surface area contributed by atoms with Crippen molar-refractivity contribution in [1.82, 2.24) is 15.1 Å². The molecule has 1 aliphatic heterocycles. The molecule has 2 rings (SSSR count). The summed E-state index contributed by atoms with van der Waals surface area (Å²) in [5.74, 6) is 2.48. The van der Waals surface area contributed by atoms with E-state index in [0.717, 1.165) is 51.0 Å². The average molecular weight is 377 g/mol. The average Bonchev–Trinajstić information content (AvgIpc) is 2.64. The molecule has 0 aliphatic carbocycles. The number of hydrogen-bond acceptors (Lipinski definition) is 4. The second kappa shape index (κ2) is 11.1. The quantitative estimate of drug-likeness (QED) is 0.558. The lowest BCUT2D eigenvalue weighted by molar-refractivity contribution is -0.0286. The summed E-state index contributed by atoms with van der Waals surface area (Å²) in [6.07, 6.45) is 0.202. The Hall–Kier alpha value is -1.79. The summed E-state index contributed by atoms with van der Waals surface area (Å²) in [6.45, 7) is 12.7. The van der Waals surface area contributed by atoms with Crippen molar-refractivity contribution in [3.8, 4) is 5.75 Å². The van der Waals surface area contributed by atoms with Gasteiger partial charge in [0, 0.05) is 46.8 Å². The standard InChI is InChI=1S/C21H36N4O2/c1-6-26-19-9-7-18(8-10-19)15-24(5)21(22-4)23-13-20-16-25(11-12-27-20)14-17(2)3/h7-10,17,20H,6,11-16H2,1-5H3,(H,22,23). The molecule has 6 heteroatoms. The van der Waals surface area contributed by atoms with Crippen LogP contribution in [0.1, 0.15) is 26.3 Å². The van der Waals surface area contributed by atoms with E-state index in [-0.39, 0.29) is 6.10 Å². The summed E-state index contributed by atoms with van der Waals surface area (Å²) in [5, 5.41) is 3.46. The summed E-state index contributed by atoms with van der Waals surface area (Å²) in [4.78, 5) is 9.04. The third kappa shape index (κ3) is 7.39. The molecule has 0 radical (unpaired) electrons. The number of guanidine groups is 1. The molecule has 1 N–H and O–H groups in total. The highest BCUT2D eigenvalue weighted by molar-refractivity contribution is 5.79. The van der Waals surface area contributed by atoms with E-state index in [1.165, 1.54) is 5.56 Å². The van der Waals surface area contributed by atoms with Crippen molar-refractivity contribution < 1.29 is 9.47 Å². The molecule has 0 spiro atoms. The summed E-state index contributed by atoms with van der Waals surface area (Å²) in [5.41, 5.74) is 1.22. The Kier molecular flexibility index (Phi) is 8.88. The molecule has 1 atom stereocenters. The van der Waals surface area contributed by atoms with E-state index in [1.54, 1.807) is 0 Å². The van der Waals surface area contributed by atoms with E-state index in [4.69, 9.17) is 9.47 Å². The Labute approximate surface area is 164 Å². The van der Waals surface area contributed by atoms with Crippen molar-refractivity contribution in [2.24, 2.45) is 10.9 Å². The van der Waals surface area contributed by atoms with E-state index in [2.05, 4.69) is 53.1 Å². The molecule has 0 aromatic heterocycles. The van der Waals surface area contributed by atoms with E-state index in [1.807, 2.05) is 26.1 Å². The molecule has 27 heavy (non-hydrogen) atoms. The van der Waals surface area contributed by atoms with E-state index in [9.17, 15) is 0 Å². The molecule has 152 valence electrons. The van der Waals surface area contributed by atoms with Gasteiger partial charge in [-0.2, -0.15) is 0 Å². The van der Waals surface area contributed by atoms with E-state index >= 15 is 0 Å². The lowest BCUT2D eigenvalue weighted by Crippen LogP contribution is -2.50. The molecule has 1 aliphatic rings. The van der Waals surface area contributed by atoms with Gasteiger partial charge in [-0.3, -0.25) is 9.89 Å². The van der Waals surface area contributed by atoms with Crippen LogP contribution in [0.15, 0.2) is 29.3 Å². The van der Waals surface area contributed by atoms with Crippen LogP contribution in [0.25, 0.3) is 0 Å². The van der Waals surface area contributed by atoms with E-state index < -0.39 is 0 Å². The normalized spacial score (nSPS) is 18.6. The van der Waals surface area contributed by atoms with Crippen LogP contribution < -0.4 is 10.1 Å².